The summed E-state index contributed by atoms with van der Waals surface area (Å²) in [6.45, 7) is 3.30. The first-order valence-corrected chi connectivity index (χ1v) is 6.20. The Morgan fingerprint density at radius 1 is 1.38 bits per heavy atom. The lowest BCUT2D eigenvalue weighted by atomic mass is 9.97. The zero-order valence-electron chi connectivity index (χ0n) is 9.98. The average molecular weight is 227 g/mol. The predicted octanol–water partition coefficient (Wildman–Crippen LogP) is 1.05. The van der Waals surface area contributed by atoms with Crippen molar-refractivity contribution in [2.45, 2.75) is 31.8 Å². The van der Waals surface area contributed by atoms with Crippen LogP contribution in [0.15, 0.2) is 0 Å². The Balaban J connectivity index is 1.77. The number of piperidine rings is 1. The number of rotatable bonds is 3. The number of methoxy groups -OCH3 is 1. The molecular weight excluding hydrogens is 206 g/mol. The highest BCUT2D eigenvalue weighted by Crippen LogP contribution is 2.21. The molecule has 1 unspecified atom stereocenters. The Hall–Kier alpha value is -0.610. The Morgan fingerprint density at radius 3 is 2.69 bits per heavy atom. The predicted molar refractivity (Wildman–Crippen MR) is 60.2 cm³/mol. The van der Waals surface area contributed by atoms with Crippen LogP contribution in [0.1, 0.15) is 25.7 Å². The number of nitrogens with zero attached hydrogens (tertiary/aromatic N) is 1. The molecule has 0 aromatic carbocycles. The Kier molecular flexibility index (Phi) is 4.18. The maximum atomic E-state index is 12.0. The van der Waals surface area contributed by atoms with Gasteiger partial charge in [0.15, 0.2) is 0 Å². The van der Waals surface area contributed by atoms with Crippen LogP contribution in [-0.4, -0.2) is 50.3 Å². The summed E-state index contributed by atoms with van der Waals surface area (Å²) in [6, 6.07) is 0. The largest absolute Gasteiger partial charge is 0.384 e. The number of carbonyl (C=O) groups is 1. The zero-order valence-corrected chi connectivity index (χ0v) is 9.98. The maximum absolute atomic E-state index is 12.0. The van der Waals surface area contributed by atoms with Gasteiger partial charge in [0, 0.05) is 33.4 Å². The van der Waals surface area contributed by atoms with Crippen LogP contribution in [0, 0.1) is 5.92 Å². The highest BCUT2D eigenvalue weighted by atomic mass is 16.5. The van der Waals surface area contributed by atoms with Crippen LogP contribution in [-0.2, 0) is 14.3 Å². The second kappa shape index (κ2) is 5.64. The number of carbonyl (C=O) groups excluding carboxylic acids is 1. The maximum Gasteiger partial charge on any atom is 0.251 e. The third-order valence-corrected chi connectivity index (χ3v) is 3.53. The van der Waals surface area contributed by atoms with Gasteiger partial charge in [0.25, 0.3) is 5.91 Å². The molecule has 4 nitrogen and oxygen atoms in total. The summed E-state index contributed by atoms with van der Waals surface area (Å²) < 4.78 is 10.6. The van der Waals surface area contributed by atoms with E-state index in [0.717, 1.165) is 52.0 Å². The molecule has 92 valence electrons. The number of likely N-dealkylation sites (tertiary alicyclic amines) is 1. The van der Waals surface area contributed by atoms with Gasteiger partial charge in [0.05, 0.1) is 0 Å². The molecule has 0 spiro atoms. The molecule has 0 N–H and O–H groups in total. The van der Waals surface area contributed by atoms with Crippen molar-refractivity contribution in [2.75, 3.05) is 33.4 Å². The van der Waals surface area contributed by atoms with E-state index in [-0.39, 0.29) is 12.0 Å². The molecule has 16 heavy (non-hydrogen) atoms. The first kappa shape index (κ1) is 11.9. The number of ether oxygens (including phenoxy) is 2. The Morgan fingerprint density at radius 2 is 2.12 bits per heavy atom. The van der Waals surface area contributed by atoms with Crippen molar-refractivity contribution in [3.8, 4) is 0 Å². The lowest BCUT2D eigenvalue weighted by Crippen LogP contribution is -2.44. The molecule has 1 amide bonds. The molecule has 0 saturated carbocycles. The monoisotopic (exact) mass is 227 g/mol. The second-order valence-corrected chi connectivity index (χ2v) is 4.73. The summed E-state index contributed by atoms with van der Waals surface area (Å²) in [4.78, 5) is 14.0. The van der Waals surface area contributed by atoms with E-state index < -0.39 is 0 Å². The van der Waals surface area contributed by atoms with Crippen LogP contribution < -0.4 is 0 Å². The minimum atomic E-state index is -0.154. The minimum absolute atomic E-state index is 0.154. The van der Waals surface area contributed by atoms with Crippen molar-refractivity contribution in [2.24, 2.45) is 5.92 Å². The van der Waals surface area contributed by atoms with Crippen molar-refractivity contribution in [1.29, 1.82) is 0 Å². The summed E-state index contributed by atoms with van der Waals surface area (Å²) in [5, 5.41) is 0. The van der Waals surface area contributed by atoms with Gasteiger partial charge in [-0.25, -0.2) is 0 Å². The smallest absolute Gasteiger partial charge is 0.251 e. The molecule has 2 heterocycles. The van der Waals surface area contributed by atoms with Crippen LogP contribution >= 0.6 is 0 Å². The second-order valence-electron chi connectivity index (χ2n) is 4.73. The van der Waals surface area contributed by atoms with Crippen molar-refractivity contribution in [3.05, 3.63) is 0 Å². The number of amides is 1. The third kappa shape index (κ3) is 2.74. The summed E-state index contributed by atoms with van der Waals surface area (Å²) in [6.07, 6.45) is 3.89. The van der Waals surface area contributed by atoms with E-state index in [1.807, 2.05) is 4.90 Å². The van der Waals surface area contributed by atoms with Gasteiger partial charge in [-0.1, -0.05) is 0 Å². The molecule has 0 radical (unpaired) electrons. The van der Waals surface area contributed by atoms with Crippen molar-refractivity contribution < 1.29 is 14.3 Å². The zero-order chi connectivity index (χ0) is 11.4. The molecule has 0 aromatic heterocycles. The van der Waals surface area contributed by atoms with E-state index in [0.29, 0.717) is 5.92 Å². The van der Waals surface area contributed by atoms with Crippen LogP contribution in [0.2, 0.25) is 0 Å². The lowest BCUT2D eigenvalue weighted by molar-refractivity contribution is -0.142. The molecule has 1 atom stereocenters. The fourth-order valence-corrected chi connectivity index (χ4v) is 2.53. The summed E-state index contributed by atoms with van der Waals surface area (Å²) in [7, 11) is 1.74. The minimum Gasteiger partial charge on any atom is -0.384 e. The van der Waals surface area contributed by atoms with Gasteiger partial charge < -0.3 is 14.4 Å². The van der Waals surface area contributed by atoms with Crippen molar-refractivity contribution in [3.63, 3.8) is 0 Å². The number of hydrogen-bond donors (Lipinski definition) is 0. The highest BCUT2D eigenvalue weighted by Gasteiger charge is 2.30. The molecule has 4 heteroatoms. The van der Waals surface area contributed by atoms with Gasteiger partial charge in [-0.3, -0.25) is 4.79 Å². The van der Waals surface area contributed by atoms with E-state index in [1.54, 1.807) is 7.11 Å². The fraction of sp³-hybridized carbons (Fsp3) is 0.917. The third-order valence-electron chi connectivity index (χ3n) is 3.53. The molecule has 2 saturated heterocycles. The van der Waals surface area contributed by atoms with Gasteiger partial charge >= 0.3 is 0 Å². The molecule has 2 aliphatic rings. The quantitative estimate of drug-likeness (QED) is 0.723. The molecule has 0 aliphatic carbocycles. The van der Waals surface area contributed by atoms with Gasteiger partial charge in [-0.15, -0.1) is 0 Å². The Bertz CT molecular complexity index is 230. The van der Waals surface area contributed by atoms with Crippen LogP contribution in [0.25, 0.3) is 0 Å². The van der Waals surface area contributed by atoms with Crippen LogP contribution in [0.4, 0.5) is 0 Å². The summed E-state index contributed by atoms with van der Waals surface area (Å²) >= 11 is 0. The van der Waals surface area contributed by atoms with E-state index in [4.69, 9.17) is 9.47 Å². The van der Waals surface area contributed by atoms with Gasteiger partial charge in [-0.05, 0) is 31.6 Å². The van der Waals surface area contributed by atoms with Gasteiger partial charge in [-0.2, -0.15) is 0 Å². The SMILES string of the molecule is COCC1CCN(C(=O)C2CCCO2)CC1. The first-order chi connectivity index (χ1) is 7.81. The van der Waals surface area contributed by atoms with Gasteiger partial charge in [0.1, 0.15) is 6.10 Å². The fourth-order valence-electron chi connectivity index (χ4n) is 2.53. The van der Waals surface area contributed by atoms with Crippen molar-refractivity contribution >= 4 is 5.91 Å². The summed E-state index contributed by atoms with van der Waals surface area (Å²) in [5.41, 5.74) is 0. The molecule has 0 bridgehead atoms. The molecular formula is C12H21NO3. The van der Waals surface area contributed by atoms with Crippen LogP contribution in [0.5, 0.6) is 0 Å². The van der Waals surface area contributed by atoms with Gasteiger partial charge in [0.2, 0.25) is 0 Å². The topological polar surface area (TPSA) is 38.8 Å². The first-order valence-electron chi connectivity index (χ1n) is 6.20. The van der Waals surface area contributed by atoms with E-state index >= 15 is 0 Å². The van der Waals surface area contributed by atoms with E-state index in [2.05, 4.69) is 0 Å². The molecule has 2 fully saturated rings. The highest BCUT2D eigenvalue weighted by molar-refractivity contribution is 5.81. The normalized spacial score (nSPS) is 27.3. The average Bonchev–Trinajstić information content (AvgIpc) is 2.83. The number of hydrogen-bond acceptors (Lipinski definition) is 3. The molecule has 0 aromatic rings. The van der Waals surface area contributed by atoms with E-state index in [1.165, 1.54) is 0 Å². The molecule has 2 rings (SSSR count). The van der Waals surface area contributed by atoms with Crippen molar-refractivity contribution in [1.82, 2.24) is 4.90 Å². The summed E-state index contributed by atoms with van der Waals surface area (Å²) in [5.74, 6) is 0.826. The standard InChI is InChI=1S/C12H21NO3/c1-15-9-10-4-6-13(7-5-10)12(14)11-3-2-8-16-11/h10-11H,2-9H2,1H3. The Labute approximate surface area is 96.9 Å². The van der Waals surface area contributed by atoms with Crippen LogP contribution in [0.3, 0.4) is 0 Å². The lowest BCUT2D eigenvalue weighted by Gasteiger charge is -2.33. The molecule has 2 aliphatic heterocycles. The van der Waals surface area contributed by atoms with E-state index in [9.17, 15) is 4.79 Å².